The Bertz CT molecular complexity index is 637. The van der Waals surface area contributed by atoms with Gasteiger partial charge in [0.2, 0.25) is 0 Å². The Morgan fingerprint density at radius 3 is 2.69 bits per heavy atom. The minimum absolute atomic E-state index is 0.0928. The predicted octanol–water partition coefficient (Wildman–Crippen LogP) is 5.25. The van der Waals surface area contributed by atoms with E-state index in [0.29, 0.717) is 42.6 Å². The number of carbonyl (C=O) groups excluding carboxylic acids is 1. The molecule has 1 aliphatic heterocycles. The molecular weight excluding hydrogens is 413 g/mol. The number of esters is 1. The normalized spacial score (nSPS) is 19.0. The highest BCUT2D eigenvalue weighted by Gasteiger charge is 2.31. The lowest BCUT2D eigenvalue weighted by Gasteiger charge is -2.34. The first-order valence-electron chi connectivity index (χ1n) is 10.5. The van der Waals surface area contributed by atoms with Crippen LogP contribution in [0, 0.1) is 0 Å². The Hall–Kier alpha value is -0.850. The van der Waals surface area contributed by atoms with Gasteiger partial charge in [-0.25, -0.2) is 0 Å². The molecule has 1 aliphatic rings. The zero-order valence-electron chi connectivity index (χ0n) is 17.3. The van der Waals surface area contributed by atoms with Crippen molar-refractivity contribution in [2.24, 2.45) is 5.73 Å². The van der Waals surface area contributed by atoms with E-state index in [9.17, 15) is 4.79 Å². The van der Waals surface area contributed by atoms with Gasteiger partial charge >= 0.3 is 5.97 Å². The molecule has 1 saturated heterocycles. The van der Waals surface area contributed by atoms with Crippen molar-refractivity contribution in [2.45, 2.75) is 70.0 Å². The quantitative estimate of drug-likeness (QED) is 0.351. The van der Waals surface area contributed by atoms with Gasteiger partial charge in [0, 0.05) is 31.6 Å². The van der Waals surface area contributed by atoms with Crippen LogP contribution in [0.3, 0.4) is 0 Å². The third-order valence-electron chi connectivity index (χ3n) is 5.51. The van der Waals surface area contributed by atoms with E-state index in [2.05, 4.69) is 0 Å². The van der Waals surface area contributed by atoms with Crippen LogP contribution >= 0.6 is 23.2 Å². The number of halogens is 2. The summed E-state index contributed by atoms with van der Waals surface area (Å²) >= 11 is 12.4. The Kier molecular flexibility index (Phi) is 10.7. The van der Waals surface area contributed by atoms with E-state index in [4.69, 9.17) is 43.1 Å². The minimum Gasteiger partial charge on any atom is -0.466 e. The van der Waals surface area contributed by atoms with Gasteiger partial charge < -0.3 is 19.9 Å². The van der Waals surface area contributed by atoms with Crippen molar-refractivity contribution in [3.63, 3.8) is 0 Å². The number of hydrogen-bond donors (Lipinski definition) is 1. The lowest BCUT2D eigenvalue weighted by molar-refractivity contribution is -0.163. The smallest absolute Gasteiger partial charge is 0.305 e. The largest absolute Gasteiger partial charge is 0.466 e. The lowest BCUT2D eigenvalue weighted by atomic mass is 9.73. The van der Waals surface area contributed by atoms with Crippen molar-refractivity contribution in [1.82, 2.24) is 0 Å². The molecule has 29 heavy (non-hydrogen) atoms. The third-order valence-corrected chi connectivity index (χ3v) is 6.24. The second-order valence-electron chi connectivity index (χ2n) is 7.54. The van der Waals surface area contributed by atoms with Gasteiger partial charge in [0.05, 0.1) is 16.7 Å². The molecule has 2 N–H and O–H groups in total. The van der Waals surface area contributed by atoms with E-state index in [-0.39, 0.29) is 17.7 Å². The van der Waals surface area contributed by atoms with Crippen LogP contribution in [0.2, 0.25) is 10.0 Å². The van der Waals surface area contributed by atoms with Gasteiger partial charge in [0.1, 0.15) is 0 Å². The molecule has 0 amide bonds. The van der Waals surface area contributed by atoms with Crippen LogP contribution in [0.1, 0.15) is 63.9 Å². The molecule has 0 aliphatic carbocycles. The number of carbonyl (C=O) groups is 1. The summed E-state index contributed by atoms with van der Waals surface area (Å²) < 4.78 is 16.6. The number of benzene rings is 1. The van der Waals surface area contributed by atoms with Crippen molar-refractivity contribution in [3.05, 3.63) is 33.8 Å². The van der Waals surface area contributed by atoms with E-state index in [1.807, 2.05) is 19.1 Å². The van der Waals surface area contributed by atoms with Crippen LogP contribution in [0.5, 0.6) is 0 Å². The summed E-state index contributed by atoms with van der Waals surface area (Å²) in [6.07, 6.45) is 6.63. The minimum atomic E-state index is -0.294. The molecule has 0 bridgehead atoms. The maximum absolute atomic E-state index is 11.8. The van der Waals surface area contributed by atoms with Crippen molar-refractivity contribution in [2.75, 3.05) is 26.4 Å². The fraction of sp³-hybridized carbons (Fsp3) is 0.682. The van der Waals surface area contributed by atoms with Crippen LogP contribution in [-0.4, -0.2) is 38.6 Å². The van der Waals surface area contributed by atoms with E-state index in [0.717, 1.165) is 50.7 Å². The third kappa shape index (κ3) is 7.72. The van der Waals surface area contributed by atoms with Gasteiger partial charge in [-0.05, 0) is 69.6 Å². The van der Waals surface area contributed by atoms with Crippen LogP contribution in [0.15, 0.2) is 18.2 Å². The SMILES string of the molecule is CCOC(=O)CCCC(CN)(CCCOC1CCCCO1)c1ccc(Cl)c(Cl)c1. The highest BCUT2D eigenvalue weighted by molar-refractivity contribution is 6.42. The molecule has 0 radical (unpaired) electrons. The maximum atomic E-state index is 11.8. The Balaban J connectivity index is 2.01. The van der Waals surface area contributed by atoms with Crippen molar-refractivity contribution in [1.29, 1.82) is 0 Å². The van der Waals surface area contributed by atoms with E-state index in [1.165, 1.54) is 0 Å². The van der Waals surface area contributed by atoms with Gasteiger partial charge in [0.25, 0.3) is 0 Å². The first kappa shape index (κ1) is 24.4. The number of nitrogens with two attached hydrogens (primary N) is 1. The van der Waals surface area contributed by atoms with Gasteiger partial charge in [-0.3, -0.25) is 4.79 Å². The molecule has 1 aromatic carbocycles. The zero-order valence-corrected chi connectivity index (χ0v) is 18.8. The topological polar surface area (TPSA) is 70.8 Å². The van der Waals surface area contributed by atoms with E-state index < -0.39 is 0 Å². The summed E-state index contributed by atoms with van der Waals surface area (Å²) in [5.74, 6) is -0.176. The van der Waals surface area contributed by atoms with Gasteiger partial charge in [0.15, 0.2) is 6.29 Å². The second kappa shape index (κ2) is 12.8. The summed E-state index contributed by atoms with van der Waals surface area (Å²) in [7, 11) is 0. The van der Waals surface area contributed by atoms with Crippen molar-refractivity contribution in [3.8, 4) is 0 Å². The summed E-state index contributed by atoms with van der Waals surface area (Å²) in [4.78, 5) is 11.8. The van der Waals surface area contributed by atoms with Gasteiger partial charge in [-0.2, -0.15) is 0 Å². The molecule has 7 heteroatoms. The maximum Gasteiger partial charge on any atom is 0.305 e. The average molecular weight is 446 g/mol. The lowest BCUT2D eigenvalue weighted by Crippen LogP contribution is -2.36. The monoisotopic (exact) mass is 445 g/mol. The molecular formula is C22H33Cl2NO4. The molecule has 2 atom stereocenters. The molecule has 1 heterocycles. The molecule has 0 aromatic heterocycles. The van der Waals surface area contributed by atoms with Crippen LogP contribution in [0.25, 0.3) is 0 Å². The van der Waals surface area contributed by atoms with E-state index >= 15 is 0 Å². The standard InChI is InChI=1S/C22H33Cl2NO4/c1-2-27-20(26)7-5-11-22(16-25,17-9-10-18(23)19(24)15-17)12-6-14-29-21-8-3-4-13-28-21/h9-10,15,21H,2-8,11-14,16,25H2,1H3. The zero-order chi connectivity index (χ0) is 21.1. The molecule has 0 saturated carbocycles. The first-order chi connectivity index (χ1) is 14.0. The second-order valence-corrected chi connectivity index (χ2v) is 8.36. The Morgan fingerprint density at radius 1 is 1.24 bits per heavy atom. The summed E-state index contributed by atoms with van der Waals surface area (Å²) in [5.41, 5.74) is 7.02. The molecule has 2 unspecified atom stereocenters. The van der Waals surface area contributed by atoms with Crippen molar-refractivity contribution < 1.29 is 19.0 Å². The number of hydrogen-bond acceptors (Lipinski definition) is 5. The average Bonchev–Trinajstić information content (AvgIpc) is 2.73. The van der Waals surface area contributed by atoms with Crippen LogP contribution in [0.4, 0.5) is 0 Å². The fourth-order valence-corrected chi connectivity index (χ4v) is 4.13. The molecule has 164 valence electrons. The van der Waals surface area contributed by atoms with Crippen LogP contribution in [-0.2, 0) is 24.4 Å². The molecule has 1 aromatic rings. The number of rotatable bonds is 12. The van der Waals surface area contributed by atoms with Crippen LogP contribution < -0.4 is 5.73 Å². The van der Waals surface area contributed by atoms with Gasteiger partial charge in [-0.15, -0.1) is 0 Å². The molecule has 0 spiro atoms. The summed E-state index contributed by atoms with van der Waals surface area (Å²) in [6, 6.07) is 5.68. The summed E-state index contributed by atoms with van der Waals surface area (Å²) in [5, 5.41) is 1.03. The highest BCUT2D eigenvalue weighted by atomic mass is 35.5. The molecule has 5 nitrogen and oxygen atoms in total. The molecule has 1 fully saturated rings. The first-order valence-corrected chi connectivity index (χ1v) is 11.3. The highest BCUT2D eigenvalue weighted by Crippen LogP contribution is 2.37. The Morgan fingerprint density at radius 2 is 2.03 bits per heavy atom. The van der Waals surface area contributed by atoms with E-state index in [1.54, 1.807) is 6.07 Å². The fourth-order valence-electron chi connectivity index (χ4n) is 3.83. The predicted molar refractivity (Wildman–Crippen MR) is 116 cm³/mol. The van der Waals surface area contributed by atoms with Gasteiger partial charge in [-0.1, -0.05) is 29.3 Å². The number of ether oxygens (including phenoxy) is 3. The summed E-state index contributed by atoms with van der Waals surface area (Å²) in [6.45, 7) is 4.05. The Labute approximate surface area is 184 Å². The molecule has 2 rings (SSSR count). The van der Waals surface area contributed by atoms with Crippen molar-refractivity contribution >= 4 is 29.2 Å².